The average Bonchev–Trinajstić information content (AvgIpc) is 2.27. The van der Waals surface area contributed by atoms with Crippen LogP contribution in [0.25, 0.3) is 6.08 Å². The molecule has 1 aromatic carbocycles. The van der Waals surface area contributed by atoms with Crippen molar-refractivity contribution in [2.45, 2.75) is 33.2 Å². The summed E-state index contributed by atoms with van der Waals surface area (Å²) in [5.74, 6) is 0. The highest BCUT2D eigenvalue weighted by Crippen LogP contribution is 2.09. The third-order valence-electron chi connectivity index (χ3n) is 2.35. The van der Waals surface area contributed by atoms with Crippen LogP contribution >= 0.6 is 0 Å². The molecule has 0 fully saturated rings. The number of nitrogens with one attached hydrogen (secondary N) is 1. The molecular weight excluding hydrogens is 208 g/mol. The van der Waals surface area contributed by atoms with Gasteiger partial charge in [-0.15, -0.1) is 0 Å². The van der Waals surface area contributed by atoms with Crippen molar-refractivity contribution in [3.8, 4) is 6.07 Å². The van der Waals surface area contributed by atoms with Gasteiger partial charge < -0.3 is 5.32 Å². The smallest absolute Gasteiger partial charge is 0.0991 e. The van der Waals surface area contributed by atoms with Crippen molar-refractivity contribution in [2.24, 2.45) is 0 Å². The van der Waals surface area contributed by atoms with Crippen LogP contribution in [0.1, 0.15) is 38.8 Å². The van der Waals surface area contributed by atoms with Crippen molar-refractivity contribution < 1.29 is 0 Å². The van der Waals surface area contributed by atoms with Gasteiger partial charge in [0.05, 0.1) is 11.6 Å². The van der Waals surface area contributed by atoms with Gasteiger partial charge >= 0.3 is 0 Å². The fourth-order valence-corrected chi connectivity index (χ4v) is 1.39. The highest BCUT2D eigenvalue weighted by Gasteiger charge is 2.07. The van der Waals surface area contributed by atoms with Gasteiger partial charge in [-0.25, -0.2) is 0 Å². The molecule has 0 heterocycles. The summed E-state index contributed by atoms with van der Waals surface area (Å²) in [6.45, 7) is 9.45. The van der Waals surface area contributed by atoms with Crippen LogP contribution in [0, 0.1) is 11.3 Å². The second kappa shape index (κ2) is 5.65. The van der Waals surface area contributed by atoms with Gasteiger partial charge in [-0.3, -0.25) is 0 Å². The van der Waals surface area contributed by atoms with E-state index in [9.17, 15) is 0 Å². The Morgan fingerprint density at radius 2 is 1.88 bits per heavy atom. The molecule has 2 nitrogen and oxygen atoms in total. The fraction of sp³-hybridized carbons (Fsp3) is 0.400. The molecule has 0 aliphatic rings. The molecule has 1 rings (SSSR count). The molecule has 0 unspecified atom stereocenters. The molecule has 1 N–H and O–H groups in total. The average molecular weight is 228 g/mol. The quantitative estimate of drug-likeness (QED) is 0.861. The largest absolute Gasteiger partial charge is 0.308 e. The minimum absolute atomic E-state index is 0.139. The minimum atomic E-state index is 0.139. The molecule has 0 aliphatic heterocycles. The molecule has 0 amide bonds. The summed E-state index contributed by atoms with van der Waals surface area (Å²) in [6, 6.07) is 9.75. The number of rotatable bonds is 3. The molecule has 0 aliphatic carbocycles. The standard InChI is InChI=1S/C15H20N2/c1-12(11-17-15(2,3)4)9-13-5-7-14(10-16)8-6-13/h5-9,17H,11H2,1-4H3. The van der Waals surface area contributed by atoms with E-state index in [1.165, 1.54) is 5.57 Å². The van der Waals surface area contributed by atoms with E-state index in [-0.39, 0.29) is 5.54 Å². The van der Waals surface area contributed by atoms with Gasteiger partial charge in [-0.2, -0.15) is 5.26 Å². The number of nitrogens with zero attached hydrogens (tertiary/aromatic N) is 1. The number of benzene rings is 1. The monoisotopic (exact) mass is 228 g/mol. The van der Waals surface area contributed by atoms with Crippen LogP contribution in [0.2, 0.25) is 0 Å². The normalized spacial score (nSPS) is 12.3. The molecule has 0 saturated heterocycles. The molecule has 0 spiro atoms. The van der Waals surface area contributed by atoms with Gasteiger partial charge in [0.15, 0.2) is 0 Å². The van der Waals surface area contributed by atoms with Crippen LogP contribution < -0.4 is 5.32 Å². The summed E-state index contributed by atoms with van der Waals surface area (Å²) in [7, 11) is 0. The zero-order chi connectivity index (χ0) is 12.9. The zero-order valence-corrected chi connectivity index (χ0v) is 11.0. The van der Waals surface area contributed by atoms with Gasteiger partial charge in [0.25, 0.3) is 0 Å². The van der Waals surface area contributed by atoms with Gasteiger partial charge in [-0.05, 0) is 45.4 Å². The predicted octanol–water partition coefficient (Wildman–Crippen LogP) is 3.35. The fourth-order valence-electron chi connectivity index (χ4n) is 1.39. The van der Waals surface area contributed by atoms with E-state index < -0.39 is 0 Å². The Kier molecular flexibility index (Phi) is 4.48. The summed E-state index contributed by atoms with van der Waals surface area (Å²) >= 11 is 0. The van der Waals surface area contributed by atoms with Crippen LogP contribution in [-0.4, -0.2) is 12.1 Å². The maximum absolute atomic E-state index is 8.71. The van der Waals surface area contributed by atoms with Gasteiger partial charge in [-0.1, -0.05) is 23.8 Å². The topological polar surface area (TPSA) is 35.8 Å². The molecule has 0 aromatic heterocycles. The van der Waals surface area contributed by atoms with Crippen molar-refractivity contribution in [3.05, 3.63) is 41.0 Å². The summed E-state index contributed by atoms with van der Waals surface area (Å²) in [5.41, 5.74) is 3.26. The van der Waals surface area contributed by atoms with Crippen molar-refractivity contribution in [2.75, 3.05) is 6.54 Å². The number of hydrogen-bond acceptors (Lipinski definition) is 2. The first kappa shape index (κ1) is 13.5. The van der Waals surface area contributed by atoms with E-state index in [4.69, 9.17) is 5.26 Å². The Labute approximate surface area is 104 Å². The predicted molar refractivity (Wildman–Crippen MR) is 72.6 cm³/mol. The van der Waals surface area contributed by atoms with Crippen LogP contribution in [0.4, 0.5) is 0 Å². The first-order chi connectivity index (χ1) is 7.90. The van der Waals surface area contributed by atoms with Gasteiger partial charge in [0.1, 0.15) is 0 Å². The van der Waals surface area contributed by atoms with E-state index in [1.807, 2.05) is 24.3 Å². The molecule has 0 atom stereocenters. The van der Waals surface area contributed by atoms with E-state index in [2.05, 4.69) is 45.2 Å². The Morgan fingerprint density at radius 1 is 1.29 bits per heavy atom. The third kappa shape index (κ3) is 5.33. The number of hydrogen-bond donors (Lipinski definition) is 1. The maximum Gasteiger partial charge on any atom is 0.0991 e. The summed E-state index contributed by atoms with van der Waals surface area (Å²) in [4.78, 5) is 0. The lowest BCUT2D eigenvalue weighted by Gasteiger charge is -2.20. The molecule has 90 valence electrons. The molecule has 1 aromatic rings. The highest BCUT2D eigenvalue weighted by molar-refractivity contribution is 5.54. The van der Waals surface area contributed by atoms with E-state index in [0.717, 1.165) is 12.1 Å². The first-order valence-corrected chi connectivity index (χ1v) is 5.83. The van der Waals surface area contributed by atoms with Crippen molar-refractivity contribution in [1.29, 1.82) is 5.26 Å². The third-order valence-corrected chi connectivity index (χ3v) is 2.35. The molecule has 17 heavy (non-hydrogen) atoms. The molecule has 0 saturated carbocycles. The van der Waals surface area contributed by atoms with Crippen LogP contribution in [0.3, 0.4) is 0 Å². The van der Waals surface area contributed by atoms with Crippen molar-refractivity contribution in [3.63, 3.8) is 0 Å². The van der Waals surface area contributed by atoms with Crippen molar-refractivity contribution in [1.82, 2.24) is 5.32 Å². The van der Waals surface area contributed by atoms with Gasteiger partial charge in [0, 0.05) is 12.1 Å². The zero-order valence-electron chi connectivity index (χ0n) is 11.0. The highest BCUT2D eigenvalue weighted by atomic mass is 14.9. The SMILES string of the molecule is CC(=Cc1ccc(C#N)cc1)CNC(C)(C)C. The molecular formula is C15H20N2. The van der Waals surface area contributed by atoms with Gasteiger partial charge in [0.2, 0.25) is 0 Å². The Hall–Kier alpha value is -1.59. The summed E-state index contributed by atoms with van der Waals surface area (Å²) in [5, 5.41) is 12.2. The maximum atomic E-state index is 8.71. The first-order valence-electron chi connectivity index (χ1n) is 5.83. The van der Waals surface area contributed by atoms with Crippen molar-refractivity contribution >= 4 is 6.08 Å². The lowest BCUT2D eigenvalue weighted by Crippen LogP contribution is -2.36. The van der Waals surface area contributed by atoms with Crippen LogP contribution in [-0.2, 0) is 0 Å². The summed E-state index contributed by atoms with van der Waals surface area (Å²) < 4.78 is 0. The molecule has 0 bridgehead atoms. The van der Waals surface area contributed by atoms with E-state index in [0.29, 0.717) is 5.56 Å². The van der Waals surface area contributed by atoms with Crippen LogP contribution in [0.5, 0.6) is 0 Å². The number of nitriles is 1. The van der Waals surface area contributed by atoms with E-state index in [1.54, 1.807) is 0 Å². The summed E-state index contributed by atoms with van der Waals surface area (Å²) in [6.07, 6.45) is 2.14. The Bertz CT molecular complexity index is 427. The second-order valence-electron chi connectivity index (χ2n) is 5.33. The molecule has 2 heteroatoms. The Balaban J connectivity index is 2.65. The lowest BCUT2D eigenvalue weighted by molar-refractivity contribution is 0.445. The second-order valence-corrected chi connectivity index (χ2v) is 5.33. The van der Waals surface area contributed by atoms with E-state index >= 15 is 0 Å². The minimum Gasteiger partial charge on any atom is -0.308 e. The molecule has 0 radical (unpaired) electrons. The lowest BCUT2D eigenvalue weighted by atomic mass is 10.1. The Morgan fingerprint density at radius 3 is 2.35 bits per heavy atom. The van der Waals surface area contributed by atoms with Crippen LogP contribution in [0.15, 0.2) is 29.8 Å².